The van der Waals surface area contributed by atoms with Crippen LogP contribution in [0, 0.1) is 11.3 Å². The lowest BCUT2D eigenvalue weighted by atomic mass is 9.87. The van der Waals surface area contributed by atoms with E-state index in [4.69, 9.17) is 9.47 Å². The third kappa shape index (κ3) is 6.17. The minimum absolute atomic E-state index is 0.00254. The Kier molecular flexibility index (Phi) is 7.60. The van der Waals surface area contributed by atoms with Gasteiger partial charge in [-0.15, -0.1) is 0 Å². The number of fused-ring (bicyclic) bond motifs is 1. The maximum Gasteiger partial charge on any atom is 0.266 e. The molecule has 4 rings (SSSR count). The molecule has 5 nitrogen and oxygen atoms in total. The van der Waals surface area contributed by atoms with E-state index in [2.05, 4.69) is 38.2 Å². The molecule has 0 radical (unpaired) electrons. The van der Waals surface area contributed by atoms with E-state index >= 15 is 0 Å². The SMILES string of the molecule is COc1ccc(/C=C(\C#N)C(=O)Nc2cccc3ccccc23)cc1COc1ccc(C(C)(C)C)cc1. The molecule has 0 aliphatic heterocycles. The Labute approximate surface area is 218 Å². The van der Waals surface area contributed by atoms with Crippen LogP contribution in [0.4, 0.5) is 5.69 Å². The monoisotopic (exact) mass is 490 g/mol. The summed E-state index contributed by atoms with van der Waals surface area (Å²) in [4.78, 5) is 13.0. The molecule has 1 amide bonds. The van der Waals surface area contributed by atoms with Gasteiger partial charge < -0.3 is 14.8 Å². The number of methoxy groups -OCH3 is 1. The Morgan fingerprint density at radius 3 is 2.41 bits per heavy atom. The number of nitriles is 1. The van der Waals surface area contributed by atoms with E-state index in [0.717, 1.165) is 22.1 Å². The van der Waals surface area contributed by atoms with E-state index in [1.807, 2.05) is 78.9 Å². The third-order valence-corrected chi connectivity index (χ3v) is 6.13. The molecule has 0 bridgehead atoms. The molecule has 4 aromatic rings. The molecule has 0 spiro atoms. The van der Waals surface area contributed by atoms with Gasteiger partial charge in [0.2, 0.25) is 0 Å². The van der Waals surface area contributed by atoms with E-state index < -0.39 is 5.91 Å². The van der Waals surface area contributed by atoms with Crippen LogP contribution in [0.5, 0.6) is 11.5 Å². The Morgan fingerprint density at radius 1 is 0.973 bits per heavy atom. The number of nitrogens with zero attached hydrogens (tertiary/aromatic N) is 1. The predicted molar refractivity (Wildman–Crippen MR) is 149 cm³/mol. The molecule has 0 aliphatic carbocycles. The van der Waals surface area contributed by atoms with Crippen LogP contribution in [-0.4, -0.2) is 13.0 Å². The summed E-state index contributed by atoms with van der Waals surface area (Å²) in [5, 5.41) is 14.5. The summed E-state index contributed by atoms with van der Waals surface area (Å²) >= 11 is 0. The summed E-state index contributed by atoms with van der Waals surface area (Å²) in [7, 11) is 1.60. The van der Waals surface area contributed by atoms with Crippen molar-refractivity contribution in [3.63, 3.8) is 0 Å². The molecule has 0 atom stereocenters. The molecular formula is C32H30N2O3. The van der Waals surface area contributed by atoms with Gasteiger partial charge in [-0.25, -0.2) is 0 Å². The second kappa shape index (κ2) is 11.0. The minimum atomic E-state index is -0.466. The third-order valence-electron chi connectivity index (χ3n) is 6.13. The van der Waals surface area contributed by atoms with E-state index in [9.17, 15) is 10.1 Å². The van der Waals surface area contributed by atoms with Crippen LogP contribution in [0.3, 0.4) is 0 Å². The highest BCUT2D eigenvalue weighted by atomic mass is 16.5. The summed E-state index contributed by atoms with van der Waals surface area (Å²) in [5.41, 5.74) is 3.47. The van der Waals surface area contributed by atoms with Crippen LogP contribution in [0.25, 0.3) is 16.8 Å². The molecule has 37 heavy (non-hydrogen) atoms. The van der Waals surface area contributed by atoms with Crippen molar-refractivity contribution in [3.05, 3.63) is 107 Å². The summed E-state index contributed by atoms with van der Waals surface area (Å²) < 4.78 is 11.5. The van der Waals surface area contributed by atoms with Crippen LogP contribution in [0.2, 0.25) is 0 Å². The molecule has 0 aromatic heterocycles. The van der Waals surface area contributed by atoms with E-state index in [1.165, 1.54) is 5.56 Å². The largest absolute Gasteiger partial charge is 0.496 e. The molecule has 0 fully saturated rings. The van der Waals surface area contributed by atoms with Gasteiger partial charge in [-0.2, -0.15) is 5.26 Å². The quantitative estimate of drug-likeness (QED) is 0.218. The van der Waals surface area contributed by atoms with Gasteiger partial charge in [-0.05, 0) is 58.3 Å². The first-order valence-corrected chi connectivity index (χ1v) is 12.1. The molecule has 4 aromatic carbocycles. The Hall–Kier alpha value is -4.56. The van der Waals surface area contributed by atoms with Gasteiger partial charge in [-0.3, -0.25) is 4.79 Å². The average Bonchev–Trinajstić information content (AvgIpc) is 2.90. The van der Waals surface area contributed by atoms with Crippen molar-refractivity contribution in [3.8, 4) is 17.6 Å². The lowest BCUT2D eigenvalue weighted by Crippen LogP contribution is -2.13. The van der Waals surface area contributed by atoms with Gasteiger partial charge in [0.1, 0.15) is 29.7 Å². The number of rotatable bonds is 7. The number of hydrogen-bond donors (Lipinski definition) is 1. The zero-order valence-electron chi connectivity index (χ0n) is 21.5. The zero-order valence-corrected chi connectivity index (χ0v) is 21.5. The van der Waals surface area contributed by atoms with Crippen LogP contribution >= 0.6 is 0 Å². The number of anilines is 1. The fraction of sp³-hybridized carbons (Fsp3) is 0.188. The highest BCUT2D eigenvalue weighted by Crippen LogP contribution is 2.27. The molecule has 0 saturated carbocycles. The summed E-state index contributed by atoms with van der Waals surface area (Å²) in [6.45, 7) is 6.80. The fourth-order valence-electron chi connectivity index (χ4n) is 4.05. The fourth-order valence-corrected chi connectivity index (χ4v) is 4.05. The predicted octanol–water partition coefficient (Wildman–Crippen LogP) is 7.27. The summed E-state index contributed by atoms with van der Waals surface area (Å²) in [6.07, 6.45) is 1.57. The number of ether oxygens (including phenoxy) is 2. The molecule has 186 valence electrons. The smallest absolute Gasteiger partial charge is 0.266 e. The number of carbonyl (C=O) groups excluding carboxylic acids is 1. The lowest BCUT2D eigenvalue weighted by molar-refractivity contribution is -0.112. The minimum Gasteiger partial charge on any atom is -0.496 e. The highest BCUT2D eigenvalue weighted by molar-refractivity contribution is 6.12. The molecule has 1 N–H and O–H groups in total. The van der Waals surface area contributed by atoms with Crippen molar-refractivity contribution in [2.24, 2.45) is 0 Å². The van der Waals surface area contributed by atoms with Gasteiger partial charge in [0.05, 0.1) is 7.11 Å². The number of nitrogens with one attached hydrogen (secondary N) is 1. The normalized spacial score (nSPS) is 11.6. The van der Waals surface area contributed by atoms with E-state index in [-0.39, 0.29) is 17.6 Å². The summed E-state index contributed by atoms with van der Waals surface area (Å²) in [5.74, 6) is 0.955. The summed E-state index contributed by atoms with van der Waals surface area (Å²) in [6, 6.07) is 29.0. The Bertz CT molecular complexity index is 1480. The van der Waals surface area contributed by atoms with Gasteiger partial charge in [0.15, 0.2) is 0 Å². The Morgan fingerprint density at radius 2 is 1.70 bits per heavy atom. The van der Waals surface area contributed by atoms with Gasteiger partial charge in [0.25, 0.3) is 5.91 Å². The topological polar surface area (TPSA) is 71.3 Å². The van der Waals surface area contributed by atoms with E-state index in [1.54, 1.807) is 13.2 Å². The lowest BCUT2D eigenvalue weighted by Gasteiger charge is -2.19. The van der Waals surface area contributed by atoms with Crippen molar-refractivity contribution >= 4 is 28.4 Å². The van der Waals surface area contributed by atoms with Gasteiger partial charge >= 0.3 is 0 Å². The maximum absolute atomic E-state index is 13.0. The van der Waals surface area contributed by atoms with Crippen molar-refractivity contribution in [2.45, 2.75) is 32.8 Å². The van der Waals surface area contributed by atoms with Crippen LogP contribution in [0.15, 0.2) is 90.5 Å². The molecule has 0 aliphatic rings. The maximum atomic E-state index is 13.0. The van der Waals surface area contributed by atoms with Crippen molar-refractivity contribution in [1.29, 1.82) is 5.26 Å². The second-order valence-corrected chi connectivity index (χ2v) is 9.78. The number of benzene rings is 4. The van der Waals surface area contributed by atoms with Crippen LogP contribution in [-0.2, 0) is 16.8 Å². The Balaban J connectivity index is 1.53. The molecule has 5 heteroatoms. The number of carbonyl (C=O) groups is 1. The first-order valence-electron chi connectivity index (χ1n) is 12.1. The second-order valence-electron chi connectivity index (χ2n) is 9.78. The van der Waals surface area contributed by atoms with Gasteiger partial charge in [0, 0.05) is 16.6 Å². The van der Waals surface area contributed by atoms with E-state index in [0.29, 0.717) is 17.0 Å². The molecule has 0 heterocycles. The first-order chi connectivity index (χ1) is 17.8. The molecule has 0 saturated heterocycles. The van der Waals surface area contributed by atoms with Crippen molar-refractivity contribution in [1.82, 2.24) is 0 Å². The number of hydrogen-bond acceptors (Lipinski definition) is 4. The molecular weight excluding hydrogens is 460 g/mol. The average molecular weight is 491 g/mol. The van der Waals surface area contributed by atoms with Crippen molar-refractivity contribution in [2.75, 3.05) is 12.4 Å². The van der Waals surface area contributed by atoms with Crippen molar-refractivity contribution < 1.29 is 14.3 Å². The zero-order chi connectivity index (χ0) is 26.4. The molecule has 0 unspecified atom stereocenters. The number of amides is 1. The standard InChI is InChI=1S/C32H30N2O3/c1-32(2,3)26-13-15-27(16-14-26)37-21-25-19-22(12-17-30(25)36-4)18-24(20-33)31(35)34-29-11-7-9-23-8-5-6-10-28(23)29/h5-19H,21H2,1-4H3,(H,34,35)/b24-18+. The van der Waals surface area contributed by atoms with Crippen LogP contribution < -0.4 is 14.8 Å². The van der Waals surface area contributed by atoms with Crippen LogP contribution in [0.1, 0.15) is 37.5 Å². The van der Waals surface area contributed by atoms with Gasteiger partial charge in [-0.1, -0.05) is 75.4 Å². The highest BCUT2D eigenvalue weighted by Gasteiger charge is 2.14. The first kappa shape index (κ1) is 25.5.